The Kier molecular flexibility index (Phi) is 4.12. The van der Waals surface area contributed by atoms with Crippen molar-refractivity contribution >= 4 is 23.5 Å². The van der Waals surface area contributed by atoms with Crippen molar-refractivity contribution in [2.45, 2.75) is 20.8 Å². The number of amides is 1. The molecule has 1 aromatic carbocycles. The monoisotopic (exact) mass is 272 g/mol. The molecule has 0 fully saturated rings. The third kappa shape index (κ3) is 3.29. The zero-order valence-electron chi connectivity index (χ0n) is 11.2. The molecule has 0 aliphatic rings. The van der Waals surface area contributed by atoms with Gasteiger partial charge in [-0.3, -0.25) is 4.79 Å². The summed E-state index contributed by atoms with van der Waals surface area (Å²) in [5.74, 6) is -0.173. The van der Waals surface area contributed by atoms with Crippen molar-refractivity contribution in [3.8, 4) is 0 Å². The van der Waals surface area contributed by atoms with E-state index in [0.29, 0.717) is 4.88 Å². The average Bonchev–Trinajstić information content (AvgIpc) is 2.85. The molecule has 4 heteroatoms. The molecule has 19 heavy (non-hydrogen) atoms. The number of carbonyl (C=O) groups is 1. The van der Waals surface area contributed by atoms with Crippen LogP contribution in [0.4, 0.5) is 0 Å². The molecular formula is C15H16N2OS. The Morgan fingerprint density at radius 2 is 1.95 bits per heavy atom. The lowest BCUT2D eigenvalue weighted by molar-refractivity contribution is 0.0959. The molecule has 0 saturated carbocycles. The highest BCUT2D eigenvalue weighted by atomic mass is 32.1. The first-order valence-electron chi connectivity index (χ1n) is 6.02. The van der Waals surface area contributed by atoms with E-state index in [1.54, 1.807) is 12.3 Å². The SMILES string of the molecule is Cc1cc(C)c(/C=N/NC(=O)c2cccs2)c(C)c1. The zero-order chi connectivity index (χ0) is 13.8. The van der Waals surface area contributed by atoms with Crippen molar-refractivity contribution in [3.63, 3.8) is 0 Å². The summed E-state index contributed by atoms with van der Waals surface area (Å²) in [4.78, 5) is 12.4. The second kappa shape index (κ2) is 5.80. The minimum atomic E-state index is -0.173. The molecule has 1 aromatic heterocycles. The molecule has 98 valence electrons. The maximum atomic E-state index is 11.7. The maximum Gasteiger partial charge on any atom is 0.281 e. The summed E-state index contributed by atoms with van der Waals surface area (Å²) >= 11 is 1.40. The van der Waals surface area contributed by atoms with Gasteiger partial charge in [-0.2, -0.15) is 5.10 Å². The Morgan fingerprint density at radius 3 is 2.53 bits per heavy atom. The summed E-state index contributed by atoms with van der Waals surface area (Å²) < 4.78 is 0. The summed E-state index contributed by atoms with van der Waals surface area (Å²) in [5, 5.41) is 5.90. The molecule has 1 amide bonds. The Morgan fingerprint density at radius 1 is 1.26 bits per heavy atom. The largest absolute Gasteiger partial charge is 0.281 e. The molecular weight excluding hydrogens is 256 g/mol. The van der Waals surface area contributed by atoms with E-state index in [1.165, 1.54) is 16.9 Å². The quantitative estimate of drug-likeness (QED) is 0.675. The van der Waals surface area contributed by atoms with Crippen LogP contribution in [0.1, 0.15) is 31.9 Å². The predicted molar refractivity (Wildman–Crippen MR) is 80.0 cm³/mol. The van der Waals surface area contributed by atoms with Crippen molar-refractivity contribution in [3.05, 3.63) is 56.8 Å². The minimum absolute atomic E-state index is 0.173. The van der Waals surface area contributed by atoms with E-state index in [9.17, 15) is 4.79 Å². The van der Waals surface area contributed by atoms with Crippen LogP contribution in [-0.2, 0) is 0 Å². The summed E-state index contributed by atoms with van der Waals surface area (Å²) in [5.41, 5.74) is 7.15. The third-order valence-corrected chi connectivity index (χ3v) is 3.71. The van der Waals surface area contributed by atoms with Gasteiger partial charge < -0.3 is 0 Å². The molecule has 0 bridgehead atoms. The molecule has 1 N–H and O–H groups in total. The average molecular weight is 272 g/mol. The third-order valence-electron chi connectivity index (χ3n) is 2.84. The van der Waals surface area contributed by atoms with Crippen molar-refractivity contribution in [1.82, 2.24) is 5.43 Å². The van der Waals surface area contributed by atoms with Gasteiger partial charge in [0, 0.05) is 5.56 Å². The first-order valence-corrected chi connectivity index (χ1v) is 6.90. The van der Waals surface area contributed by atoms with Crippen molar-refractivity contribution in [1.29, 1.82) is 0 Å². The van der Waals surface area contributed by atoms with Crippen LogP contribution >= 0.6 is 11.3 Å². The number of hydrogen-bond acceptors (Lipinski definition) is 3. The first kappa shape index (κ1) is 13.5. The zero-order valence-corrected chi connectivity index (χ0v) is 12.0. The highest BCUT2D eigenvalue weighted by Crippen LogP contribution is 2.14. The fourth-order valence-electron chi connectivity index (χ4n) is 2.01. The van der Waals surface area contributed by atoms with E-state index in [4.69, 9.17) is 0 Å². The van der Waals surface area contributed by atoms with Crippen LogP contribution < -0.4 is 5.43 Å². The fourth-order valence-corrected chi connectivity index (χ4v) is 2.63. The van der Waals surface area contributed by atoms with E-state index in [0.717, 1.165) is 16.7 Å². The lowest BCUT2D eigenvalue weighted by Crippen LogP contribution is -2.16. The van der Waals surface area contributed by atoms with Gasteiger partial charge in [-0.15, -0.1) is 11.3 Å². The van der Waals surface area contributed by atoms with Gasteiger partial charge in [-0.05, 0) is 43.3 Å². The highest BCUT2D eigenvalue weighted by Gasteiger charge is 2.04. The van der Waals surface area contributed by atoms with E-state index in [-0.39, 0.29) is 5.91 Å². The van der Waals surface area contributed by atoms with Crippen molar-refractivity contribution < 1.29 is 4.79 Å². The number of hydrazone groups is 1. The lowest BCUT2D eigenvalue weighted by atomic mass is 10.0. The molecule has 3 nitrogen and oxygen atoms in total. The van der Waals surface area contributed by atoms with Gasteiger partial charge in [0.25, 0.3) is 5.91 Å². The highest BCUT2D eigenvalue weighted by molar-refractivity contribution is 7.12. The Balaban J connectivity index is 2.10. The fraction of sp³-hybridized carbons (Fsp3) is 0.200. The Hall–Kier alpha value is -1.94. The van der Waals surface area contributed by atoms with Crippen LogP contribution in [0.25, 0.3) is 0 Å². The van der Waals surface area contributed by atoms with E-state index in [1.807, 2.05) is 25.3 Å². The van der Waals surface area contributed by atoms with Gasteiger partial charge in [-0.25, -0.2) is 5.43 Å². The summed E-state index contributed by atoms with van der Waals surface area (Å²) in [6.07, 6.45) is 1.70. The maximum absolute atomic E-state index is 11.7. The van der Waals surface area contributed by atoms with Gasteiger partial charge in [0.1, 0.15) is 0 Å². The Labute approximate surface area is 117 Å². The number of rotatable bonds is 3. The molecule has 0 aliphatic carbocycles. The number of aryl methyl sites for hydroxylation is 3. The number of benzene rings is 1. The van der Waals surface area contributed by atoms with Crippen LogP contribution in [0.5, 0.6) is 0 Å². The number of nitrogens with zero attached hydrogens (tertiary/aromatic N) is 1. The topological polar surface area (TPSA) is 41.5 Å². The summed E-state index contributed by atoms with van der Waals surface area (Å²) in [6, 6.07) is 7.83. The lowest BCUT2D eigenvalue weighted by Gasteiger charge is -2.06. The standard InChI is InChI=1S/C15H16N2OS/c1-10-7-11(2)13(12(3)8-10)9-16-17-15(18)14-5-4-6-19-14/h4-9H,1-3H3,(H,17,18)/b16-9+. The smallest absolute Gasteiger partial charge is 0.266 e. The van der Waals surface area contributed by atoms with Crippen LogP contribution in [-0.4, -0.2) is 12.1 Å². The van der Waals surface area contributed by atoms with E-state index in [2.05, 4.69) is 29.6 Å². The molecule has 0 aliphatic heterocycles. The van der Waals surface area contributed by atoms with Gasteiger partial charge >= 0.3 is 0 Å². The Bertz CT molecular complexity index is 592. The van der Waals surface area contributed by atoms with E-state index >= 15 is 0 Å². The number of thiophene rings is 1. The molecule has 0 unspecified atom stereocenters. The number of hydrogen-bond donors (Lipinski definition) is 1. The van der Waals surface area contributed by atoms with Crippen LogP contribution in [0.15, 0.2) is 34.7 Å². The molecule has 2 rings (SSSR count). The summed E-state index contributed by atoms with van der Waals surface area (Å²) in [6.45, 7) is 6.16. The number of nitrogens with one attached hydrogen (secondary N) is 1. The second-order valence-electron chi connectivity index (χ2n) is 4.49. The molecule has 0 radical (unpaired) electrons. The summed E-state index contributed by atoms with van der Waals surface area (Å²) in [7, 11) is 0. The number of carbonyl (C=O) groups excluding carboxylic acids is 1. The predicted octanol–water partition coefficient (Wildman–Crippen LogP) is 3.44. The van der Waals surface area contributed by atoms with Crippen LogP contribution in [0.2, 0.25) is 0 Å². The van der Waals surface area contributed by atoms with Gasteiger partial charge in [0.05, 0.1) is 11.1 Å². The van der Waals surface area contributed by atoms with E-state index < -0.39 is 0 Å². The molecule has 0 saturated heterocycles. The van der Waals surface area contributed by atoms with Gasteiger partial charge in [0.15, 0.2) is 0 Å². The molecule has 2 aromatic rings. The van der Waals surface area contributed by atoms with Crippen molar-refractivity contribution in [2.24, 2.45) is 5.10 Å². The van der Waals surface area contributed by atoms with Crippen LogP contribution in [0, 0.1) is 20.8 Å². The first-order chi connectivity index (χ1) is 9.08. The normalized spacial score (nSPS) is 10.9. The second-order valence-corrected chi connectivity index (χ2v) is 5.44. The minimum Gasteiger partial charge on any atom is -0.266 e. The molecule has 0 atom stereocenters. The van der Waals surface area contributed by atoms with Crippen LogP contribution in [0.3, 0.4) is 0 Å². The van der Waals surface area contributed by atoms with Crippen molar-refractivity contribution in [2.75, 3.05) is 0 Å². The molecule has 1 heterocycles. The molecule has 0 spiro atoms. The van der Waals surface area contributed by atoms with Gasteiger partial charge in [-0.1, -0.05) is 23.8 Å². The van der Waals surface area contributed by atoms with Gasteiger partial charge in [0.2, 0.25) is 0 Å².